The third kappa shape index (κ3) is 4.68. The molecule has 1 heterocycles. The molecule has 4 rings (SSSR count). The van der Waals surface area contributed by atoms with Gasteiger partial charge in [0.2, 0.25) is 0 Å². The molecule has 0 fully saturated rings. The Bertz CT molecular complexity index is 1380. The molecular formula is C24H20BrN3O2S. The molecule has 0 radical (unpaired) electrons. The van der Waals surface area contributed by atoms with Crippen molar-refractivity contribution < 1.29 is 4.79 Å². The lowest BCUT2D eigenvalue weighted by Gasteiger charge is -2.17. The molecule has 0 bridgehead atoms. The van der Waals surface area contributed by atoms with Gasteiger partial charge in [0.1, 0.15) is 0 Å². The molecule has 1 amide bonds. The number of fused-ring (bicyclic) bond motifs is 1. The summed E-state index contributed by atoms with van der Waals surface area (Å²) in [5, 5.41) is 0.492. The van der Waals surface area contributed by atoms with Crippen molar-refractivity contribution in [2.75, 3.05) is 7.05 Å². The van der Waals surface area contributed by atoms with E-state index in [9.17, 15) is 9.59 Å². The van der Waals surface area contributed by atoms with E-state index in [2.05, 4.69) is 20.9 Å². The highest BCUT2D eigenvalue weighted by Crippen LogP contribution is 2.16. The first-order valence-corrected chi connectivity index (χ1v) is 10.9. The summed E-state index contributed by atoms with van der Waals surface area (Å²) in [6.07, 6.45) is 0. The van der Waals surface area contributed by atoms with Gasteiger partial charge >= 0.3 is 0 Å². The highest BCUT2D eigenvalue weighted by Gasteiger charge is 2.14. The number of rotatable bonds is 5. The maximum absolute atomic E-state index is 13.1. The van der Waals surface area contributed by atoms with Crippen molar-refractivity contribution in [1.82, 2.24) is 14.5 Å². The molecule has 7 heteroatoms. The first-order valence-electron chi connectivity index (χ1n) is 9.73. The predicted molar refractivity (Wildman–Crippen MR) is 129 cm³/mol. The van der Waals surface area contributed by atoms with Gasteiger partial charge in [-0.15, -0.1) is 0 Å². The van der Waals surface area contributed by atoms with E-state index < -0.39 is 0 Å². The summed E-state index contributed by atoms with van der Waals surface area (Å²) in [4.78, 5) is 30.7. The van der Waals surface area contributed by atoms with Crippen LogP contribution >= 0.6 is 28.1 Å². The average molecular weight is 494 g/mol. The fraction of sp³-hybridized carbons (Fsp3) is 0.125. The SMILES string of the molecule is CN(Cc1ccccc1)C(=O)c1ccc2c(=O)n(Cc3cccc(Br)c3)c(=S)[nH]c2c1. The zero-order chi connectivity index (χ0) is 22.0. The Hall–Kier alpha value is -3.03. The Morgan fingerprint density at radius 1 is 1.03 bits per heavy atom. The smallest absolute Gasteiger partial charge is 0.262 e. The largest absolute Gasteiger partial charge is 0.337 e. The molecule has 0 atom stereocenters. The van der Waals surface area contributed by atoms with Crippen LogP contribution in [0.3, 0.4) is 0 Å². The normalized spacial score (nSPS) is 10.9. The zero-order valence-corrected chi connectivity index (χ0v) is 19.2. The number of halogens is 1. The number of nitrogens with one attached hydrogen (secondary N) is 1. The van der Waals surface area contributed by atoms with Crippen LogP contribution in [0, 0.1) is 4.77 Å². The van der Waals surface area contributed by atoms with Gasteiger partial charge in [-0.05, 0) is 53.7 Å². The molecule has 3 aromatic carbocycles. The molecule has 4 aromatic rings. The average Bonchev–Trinajstić information content (AvgIpc) is 2.76. The Balaban J connectivity index is 1.65. The molecule has 5 nitrogen and oxygen atoms in total. The second-order valence-electron chi connectivity index (χ2n) is 7.36. The van der Waals surface area contributed by atoms with Crippen molar-refractivity contribution in [3.05, 3.63) is 109 Å². The van der Waals surface area contributed by atoms with Crippen LogP contribution in [-0.2, 0) is 13.1 Å². The molecule has 0 aliphatic carbocycles. The molecule has 0 saturated heterocycles. The molecule has 1 N–H and O–H groups in total. The number of nitrogens with zero attached hydrogens (tertiary/aromatic N) is 2. The van der Waals surface area contributed by atoms with Crippen LogP contribution in [-0.4, -0.2) is 27.4 Å². The third-order valence-electron chi connectivity index (χ3n) is 5.07. The van der Waals surface area contributed by atoms with Crippen LogP contribution in [0.4, 0.5) is 0 Å². The van der Waals surface area contributed by atoms with Gasteiger partial charge in [0.05, 0.1) is 17.4 Å². The summed E-state index contributed by atoms with van der Waals surface area (Å²) in [6.45, 7) is 0.867. The first kappa shape index (κ1) is 21.2. The lowest BCUT2D eigenvalue weighted by atomic mass is 10.1. The van der Waals surface area contributed by atoms with E-state index in [4.69, 9.17) is 12.2 Å². The Morgan fingerprint density at radius 3 is 2.52 bits per heavy atom. The minimum Gasteiger partial charge on any atom is -0.337 e. The lowest BCUT2D eigenvalue weighted by Crippen LogP contribution is -2.26. The molecule has 0 aliphatic heterocycles. The predicted octanol–water partition coefficient (Wildman–Crippen LogP) is 5.14. The van der Waals surface area contributed by atoms with Gasteiger partial charge in [-0.3, -0.25) is 14.2 Å². The number of aromatic nitrogens is 2. The van der Waals surface area contributed by atoms with Crippen LogP contribution in [0.25, 0.3) is 10.9 Å². The van der Waals surface area contributed by atoms with E-state index >= 15 is 0 Å². The van der Waals surface area contributed by atoms with Crippen molar-refractivity contribution in [1.29, 1.82) is 0 Å². The number of hydrogen-bond donors (Lipinski definition) is 1. The monoisotopic (exact) mass is 493 g/mol. The summed E-state index contributed by atoms with van der Waals surface area (Å²) in [7, 11) is 1.76. The molecule has 1 aromatic heterocycles. The van der Waals surface area contributed by atoms with E-state index in [-0.39, 0.29) is 11.5 Å². The highest BCUT2D eigenvalue weighted by atomic mass is 79.9. The van der Waals surface area contributed by atoms with Gasteiger partial charge < -0.3 is 9.88 Å². The van der Waals surface area contributed by atoms with E-state index in [1.807, 2.05) is 54.6 Å². The molecule has 0 spiro atoms. The van der Waals surface area contributed by atoms with Crippen LogP contribution in [0.15, 0.2) is 82.1 Å². The van der Waals surface area contributed by atoms with Crippen LogP contribution in [0.5, 0.6) is 0 Å². The Kier molecular flexibility index (Phi) is 6.15. The molecule has 0 saturated carbocycles. The maximum atomic E-state index is 13.1. The topological polar surface area (TPSA) is 58.1 Å². The number of carbonyl (C=O) groups excluding carboxylic acids is 1. The lowest BCUT2D eigenvalue weighted by molar-refractivity contribution is 0.0785. The molecule has 31 heavy (non-hydrogen) atoms. The second kappa shape index (κ2) is 8.99. The summed E-state index contributed by atoms with van der Waals surface area (Å²) in [5.74, 6) is -0.122. The minimum absolute atomic E-state index is 0.122. The van der Waals surface area contributed by atoms with Gasteiger partial charge in [-0.1, -0.05) is 58.4 Å². The number of aromatic amines is 1. The van der Waals surface area contributed by atoms with E-state index in [0.717, 1.165) is 15.6 Å². The van der Waals surface area contributed by atoms with Crippen molar-refractivity contribution in [2.24, 2.45) is 0 Å². The standard InChI is InChI=1S/C24H20BrN3O2S/c1-27(14-16-6-3-2-4-7-16)22(29)18-10-11-20-21(13-18)26-24(31)28(23(20)30)15-17-8-5-9-19(25)12-17/h2-13H,14-15H2,1H3,(H,26,31). The summed E-state index contributed by atoms with van der Waals surface area (Å²) in [6, 6.07) is 22.6. The van der Waals surface area contributed by atoms with Crippen molar-refractivity contribution in [2.45, 2.75) is 13.1 Å². The van der Waals surface area contributed by atoms with Gasteiger partial charge in [0, 0.05) is 23.6 Å². The van der Waals surface area contributed by atoms with Crippen molar-refractivity contribution in [3.8, 4) is 0 Å². The fourth-order valence-corrected chi connectivity index (χ4v) is 4.20. The number of H-pyrrole nitrogens is 1. The van der Waals surface area contributed by atoms with Crippen LogP contribution in [0.2, 0.25) is 0 Å². The van der Waals surface area contributed by atoms with E-state index in [1.54, 1.807) is 30.1 Å². The summed E-state index contributed by atoms with van der Waals surface area (Å²) in [5.41, 5.74) is 2.88. The van der Waals surface area contributed by atoms with Gasteiger partial charge in [-0.25, -0.2) is 0 Å². The van der Waals surface area contributed by atoms with Gasteiger partial charge in [-0.2, -0.15) is 0 Å². The van der Waals surface area contributed by atoms with E-state index in [0.29, 0.717) is 34.3 Å². The number of amides is 1. The maximum Gasteiger partial charge on any atom is 0.262 e. The molecular weight excluding hydrogens is 474 g/mol. The molecule has 0 aliphatic rings. The number of benzene rings is 3. The number of carbonyl (C=O) groups is 1. The van der Waals surface area contributed by atoms with Crippen molar-refractivity contribution in [3.63, 3.8) is 0 Å². The quantitative estimate of drug-likeness (QED) is 0.391. The first-order chi connectivity index (χ1) is 14.9. The summed E-state index contributed by atoms with van der Waals surface area (Å²) < 4.78 is 2.79. The zero-order valence-electron chi connectivity index (χ0n) is 16.8. The van der Waals surface area contributed by atoms with E-state index in [1.165, 1.54) is 4.57 Å². The van der Waals surface area contributed by atoms with Crippen molar-refractivity contribution >= 4 is 45.0 Å². The van der Waals surface area contributed by atoms with Gasteiger partial charge in [0.15, 0.2) is 4.77 Å². The Morgan fingerprint density at radius 2 is 1.77 bits per heavy atom. The Labute approximate surface area is 193 Å². The van der Waals surface area contributed by atoms with Crippen LogP contribution in [0.1, 0.15) is 21.5 Å². The molecule has 0 unspecified atom stereocenters. The molecule has 156 valence electrons. The summed E-state index contributed by atoms with van der Waals surface area (Å²) >= 11 is 8.90. The fourth-order valence-electron chi connectivity index (χ4n) is 3.50. The van der Waals surface area contributed by atoms with Crippen LogP contribution < -0.4 is 5.56 Å². The number of hydrogen-bond acceptors (Lipinski definition) is 3. The minimum atomic E-state index is -0.185. The third-order valence-corrected chi connectivity index (χ3v) is 5.88. The second-order valence-corrected chi connectivity index (χ2v) is 8.66. The van der Waals surface area contributed by atoms with Gasteiger partial charge in [0.25, 0.3) is 11.5 Å². The highest BCUT2D eigenvalue weighted by molar-refractivity contribution is 9.10.